The quantitative estimate of drug-likeness (QED) is 0.172. The largest absolute Gasteiger partial charge is 0.309 e. The molecular weight excluding hydrogens is 601 g/mol. The Balaban J connectivity index is 1.30. The van der Waals surface area contributed by atoms with E-state index in [0.717, 1.165) is 49.9 Å². The van der Waals surface area contributed by atoms with E-state index in [4.69, 9.17) is 15.0 Å². The topological polar surface area (TPSA) is 60.9 Å². The second-order valence-corrected chi connectivity index (χ2v) is 12.0. The Bertz CT molecular complexity index is 2700. The maximum Gasteiger partial charge on any atom is 0.238 e. The summed E-state index contributed by atoms with van der Waals surface area (Å²) in [6, 6.07) is 48.4. The minimum absolute atomic E-state index is 0.547. The van der Waals surface area contributed by atoms with Crippen LogP contribution in [0.25, 0.3) is 84.1 Å². The molecule has 0 aliphatic carbocycles. The Morgan fingerprint density at radius 1 is 0.531 bits per heavy atom. The van der Waals surface area contributed by atoms with E-state index in [0.29, 0.717) is 17.6 Å². The molecule has 0 unspecified atom stereocenters. The standard InChI is InChI=1S/C43H30N6/c1-3-13-28-22-23-30(26-36(28)44-2)42-45-41(29-14-5-4-6-15-29)46-43(47-42)49-39-21-12-9-18-34(39)35-27-31(24-25-40(35)49)48-37-19-10-7-16-32(37)33-17-8-11-20-38(33)48/h3-27H,2H2,1H3/b13-3-. The highest BCUT2D eigenvalue weighted by Crippen LogP contribution is 2.37. The van der Waals surface area contributed by atoms with Crippen molar-refractivity contribution < 1.29 is 0 Å². The molecule has 0 fully saturated rings. The lowest BCUT2D eigenvalue weighted by atomic mass is 10.1. The molecule has 0 amide bonds. The van der Waals surface area contributed by atoms with Crippen LogP contribution in [0.3, 0.4) is 0 Å². The average molecular weight is 631 g/mol. The summed E-state index contributed by atoms with van der Waals surface area (Å²) in [4.78, 5) is 19.5. The molecule has 6 nitrogen and oxygen atoms in total. The first-order valence-electron chi connectivity index (χ1n) is 16.3. The van der Waals surface area contributed by atoms with Crippen molar-refractivity contribution in [3.8, 4) is 34.4 Å². The molecule has 0 saturated carbocycles. The van der Waals surface area contributed by atoms with Crippen molar-refractivity contribution in [2.24, 2.45) is 4.99 Å². The van der Waals surface area contributed by atoms with Crippen molar-refractivity contribution >= 4 is 62.1 Å². The van der Waals surface area contributed by atoms with E-state index in [1.165, 1.54) is 21.8 Å². The number of para-hydroxylation sites is 3. The van der Waals surface area contributed by atoms with Gasteiger partial charge < -0.3 is 4.57 Å². The third-order valence-electron chi connectivity index (χ3n) is 9.16. The molecule has 3 aromatic heterocycles. The lowest BCUT2D eigenvalue weighted by Gasteiger charge is -2.12. The number of aliphatic imine (C=N–C) groups is 1. The number of allylic oxidation sites excluding steroid dienone is 1. The van der Waals surface area contributed by atoms with Crippen LogP contribution in [0.5, 0.6) is 0 Å². The smallest absolute Gasteiger partial charge is 0.238 e. The molecule has 0 spiro atoms. The summed E-state index contributed by atoms with van der Waals surface area (Å²) < 4.78 is 4.51. The van der Waals surface area contributed by atoms with E-state index in [9.17, 15) is 0 Å². The Labute approximate surface area is 283 Å². The van der Waals surface area contributed by atoms with Gasteiger partial charge in [-0.15, -0.1) is 0 Å². The molecular formula is C43H30N6. The summed E-state index contributed by atoms with van der Waals surface area (Å²) in [5, 5.41) is 4.71. The van der Waals surface area contributed by atoms with Gasteiger partial charge in [0.15, 0.2) is 11.6 Å². The summed E-state index contributed by atoms with van der Waals surface area (Å²) in [7, 11) is 0. The highest BCUT2D eigenvalue weighted by atomic mass is 15.2. The fourth-order valence-corrected chi connectivity index (χ4v) is 6.97. The van der Waals surface area contributed by atoms with Gasteiger partial charge in [0.1, 0.15) is 0 Å². The fourth-order valence-electron chi connectivity index (χ4n) is 6.97. The molecule has 49 heavy (non-hydrogen) atoms. The number of nitrogens with zero attached hydrogens (tertiary/aromatic N) is 6. The minimum Gasteiger partial charge on any atom is -0.309 e. The molecule has 0 aliphatic heterocycles. The van der Waals surface area contributed by atoms with Crippen LogP contribution in [0.2, 0.25) is 0 Å². The first-order chi connectivity index (χ1) is 24.2. The van der Waals surface area contributed by atoms with Crippen molar-refractivity contribution in [1.82, 2.24) is 24.1 Å². The lowest BCUT2D eigenvalue weighted by molar-refractivity contribution is 0.953. The molecule has 9 aromatic rings. The molecule has 0 aliphatic rings. The van der Waals surface area contributed by atoms with Crippen LogP contribution < -0.4 is 0 Å². The zero-order valence-electron chi connectivity index (χ0n) is 26.8. The fraction of sp³-hybridized carbons (Fsp3) is 0.0233. The van der Waals surface area contributed by atoms with Crippen molar-refractivity contribution in [1.29, 1.82) is 0 Å². The third-order valence-corrected chi connectivity index (χ3v) is 9.16. The maximum atomic E-state index is 5.13. The molecule has 6 heteroatoms. The van der Waals surface area contributed by atoms with E-state index in [2.05, 4.69) is 112 Å². The lowest BCUT2D eigenvalue weighted by Crippen LogP contribution is -2.06. The highest BCUT2D eigenvalue weighted by molar-refractivity contribution is 6.12. The Hall–Kier alpha value is -6.66. The van der Waals surface area contributed by atoms with Gasteiger partial charge >= 0.3 is 0 Å². The number of aromatic nitrogens is 5. The minimum atomic E-state index is 0.547. The van der Waals surface area contributed by atoms with Gasteiger partial charge in [0.2, 0.25) is 5.95 Å². The molecule has 9 rings (SSSR count). The van der Waals surface area contributed by atoms with E-state index in [1.807, 2.05) is 67.6 Å². The molecule has 3 heterocycles. The molecule has 232 valence electrons. The summed E-state index contributed by atoms with van der Waals surface area (Å²) in [6.45, 7) is 5.81. The van der Waals surface area contributed by atoms with Crippen LogP contribution in [0.4, 0.5) is 5.69 Å². The van der Waals surface area contributed by atoms with Gasteiger partial charge in [-0.25, -0.2) is 4.98 Å². The van der Waals surface area contributed by atoms with Gasteiger partial charge in [0.25, 0.3) is 0 Å². The van der Waals surface area contributed by atoms with Gasteiger partial charge in [0.05, 0.1) is 27.8 Å². The number of fused-ring (bicyclic) bond motifs is 6. The van der Waals surface area contributed by atoms with Crippen molar-refractivity contribution in [3.63, 3.8) is 0 Å². The van der Waals surface area contributed by atoms with Crippen LogP contribution in [-0.2, 0) is 0 Å². The first-order valence-corrected chi connectivity index (χ1v) is 16.3. The summed E-state index contributed by atoms with van der Waals surface area (Å²) in [5.41, 5.74) is 8.99. The van der Waals surface area contributed by atoms with Crippen LogP contribution in [-0.4, -0.2) is 30.8 Å². The van der Waals surface area contributed by atoms with E-state index in [-0.39, 0.29) is 0 Å². The van der Waals surface area contributed by atoms with Gasteiger partial charge in [0, 0.05) is 38.4 Å². The van der Waals surface area contributed by atoms with Crippen molar-refractivity contribution in [2.75, 3.05) is 0 Å². The molecule has 0 N–H and O–H groups in total. The zero-order chi connectivity index (χ0) is 32.9. The first kappa shape index (κ1) is 28.6. The zero-order valence-corrected chi connectivity index (χ0v) is 26.8. The SMILES string of the molecule is C=Nc1cc(-c2nc(-c3ccccc3)nc(-n3c4ccccc4c4cc(-n5c6ccccc6c6ccccc65)ccc43)n2)ccc1/C=C\C. The number of benzene rings is 6. The maximum absolute atomic E-state index is 5.13. The second-order valence-electron chi connectivity index (χ2n) is 12.0. The second kappa shape index (κ2) is 11.5. The predicted octanol–water partition coefficient (Wildman–Crippen LogP) is 10.8. The predicted molar refractivity (Wildman–Crippen MR) is 203 cm³/mol. The van der Waals surface area contributed by atoms with E-state index in [1.54, 1.807) is 0 Å². The Morgan fingerprint density at radius 3 is 1.76 bits per heavy atom. The van der Waals surface area contributed by atoms with Crippen molar-refractivity contribution in [3.05, 3.63) is 151 Å². The van der Waals surface area contributed by atoms with Gasteiger partial charge in [-0.1, -0.05) is 109 Å². The average Bonchev–Trinajstić information content (AvgIpc) is 3.68. The van der Waals surface area contributed by atoms with Crippen molar-refractivity contribution in [2.45, 2.75) is 6.92 Å². The Morgan fingerprint density at radius 2 is 1.10 bits per heavy atom. The summed E-state index contributed by atoms with van der Waals surface area (Å²) in [5.74, 6) is 1.71. The van der Waals surface area contributed by atoms with E-state index >= 15 is 0 Å². The molecule has 0 atom stereocenters. The van der Waals surface area contributed by atoms with Crippen LogP contribution >= 0.6 is 0 Å². The van der Waals surface area contributed by atoms with E-state index < -0.39 is 0 Å². The summed E-state index contributed by atoms with van der Waals surface area (Å²) >= 11 is 0. The summed E-state index contributed by atoms with van der Waals surface area (Å²) in [6.07, 6.45) is 4.01. The Kier molecular flexibility index (Phi) is 6.73. The molecule has 0 saturated heterocycles. The van der Waals surface area contributed by atoms with Crippen LogP contribution in [0.15, 0.2) is 151 Å². The molecule has 0 bridgehead atoms. The number of rotatable bonds is 6. The monoisotopic (exact) mass is 630 g/mol. The third kappa shape index (κ3) is 4.65. The number of hydrogen-bond donors (Lipinski definition) is 0. The van der Waals surface area contributed by atoms with Crippen LogP contribution in [0.1, 0.15) is 12.5 Å². The van der Waals surface area contributed by atoms with Gasteiger partial charge in [-0.2, -0.15) is 9.97 Å². The molecule has 6 aromatic carbocycles. The molecule has 0 radical (unpaired) electrons. The van der Waals surface area contributed by atoms with Crippen LogP contribution in [0, 0.1) is 0 Å². The highest BCUT2D eigenvalue weighted by Gasteiger charge is 2.20. The normalized spacial score (nSPS) is 11.8. The van der Waals surface area contributed by atoms with Gasteiger partial charge in [-0.3, -0.25) is 9.56 Å². The number of hydrogen-bond acceptors (Lipinski definition) is 4. The van der Waals surface area contributed by atoms with Gasteiger partial charge in [-0.05, 0) is 61.7 Å².